The van der Waals surface area contributed by atoms with Crippen LogP contribution in [-0.2, 0) is 21.5 Å². The molecule has 0 saturated carbocycles. The number of fused-ring (bicyclic) bond motifs is 1. The fraction of sp³-hybridized carbons (Fsp3) is 0.292. The zero-order valence-corrected chi connectivity index (χ0v) is 16.1. The Kier molecular flexibility index (Phi) is 4.79. The number of rotatable bonds is 3. The van der Waals surface area contributed by atoms with Crippen molar-refractivity contribution in [1.29, 1.82) is 0 Å². The van der Waals surface area contributed by atoms with Crippen molar-refractivity contribution in [2.24, 2.45) is 11.8 Å². The fourth-order valence-electron chi connectivity index (χ4n) is 4.79. The first kappa shape index (κ1) is 19.1. The van der Waals surface area contributed by atoms with E-state index in [1.54, 1.807) is 23.1 Å². The zero-order valence-electron chi connectivity index (χ0n) is 16.1. The van der Waals surface area contributed by atoms with Crippen molar-refractivity contribution in [3.05, 3.63) is 94.7 Å². The van der Waals surface area contributed by atoms with Gasteiger partial charge in [0.05, 0.1) is 12.0 Å². The van der Waals surface area contributed by atoms with E-state index in [1.807, 2.05) is 37.3 Å². The van der Waals surface area contributed by atoms with Gasteiger partial charge in [-0.25, -0.2) is 9.24 Å². The third kappa shape index (κ3) is 3.05. The summed E-state index contributed by atoms with van der Waals surface area (Å²) in [6, 6.07) is 15.6. The van der Waals surface area contributed by atoms with Crippen LogP contribution in [0.1, 0.15) is 24.5 Å². The van der Waals surface area contributed by atoms with Crippen LogP contribution in [-0.4, -0.2) is 23.1 Å². The van der Waals surface area contributed by atoms with Gasteiger partial charge < -0.3 is 9.69 Å². The molecule has 0 radical (unpaired) electrons. The molecule has 0 bridgehead atoms. The van der Waals surface area contributed by atoms with Crippen LogP contribution in [0.25, 0.3) is 4.85 Å². The molecule has 1 amide bonds. The fourth-order valence-corrected chi connectivity index (χ4v) is 4.79. The number of amides is 1. The second-order valence-corrected chi connectivity index (χ2v) is 7.78. The quantitative estimate of drug-likeness (QED) is 0.742. The summed E-state index contributed by atoms with van der Waals surface area (Å²) < 4.78 is 13.6. The first-order valence-electron chi connectivity index (χ1n) is 9.71. The van der Waals surface area contributed by atoms with Gasteiger partial charge >= 0.3 is 0 Å². The summed E-state index contributed by atoms with van der Waals surface area (Å²) in [6.45, 7) is 10.1. The van der Waals surface area contributed by atoms with Gasteiger partial charge in [0.25, 0.3) is 0 Å². The number of Topliss-reactive ketones (excluding diaryl/α,β-unsaturated/α-hetero) is 1. The van der Waals surface area contributed by atoms with Gasteiger partial charge in [-0.2, -0.15) is 0 Å². The number of halogens is 1. The Labute approximate surface area is 169 Å². The minimum atomic E-state index is -1.06. The molecular formula is C24H21FN2O2. The van der Waals surface area contributed by atoms with Crippen LogP contribution in [0.5, 0.6) is 0 Å². The Morgan fingerprint density at radius 3 is 2.62 bits per heavy atom. The molecule has 0 aromatic heterocycles. The summed E-state index contributed by atoms with van der Waals surface area (Å²) in [5, 5.41) is 0. The average Bonchev–Trinajstić information content (AvgIpc) is 2.73. The number of piperidine rings is 1. The van der Waals surface area contributed by atoms with Gasteiger partial charge in [0.15, 0.2) is 5.78 Å². The number of carbonyl (C=O) groups is 2. The van der Waals surface area contributed by atoms with Crippen molar-refractivity contribution in [1.82, 2.24) is 4.90 Å². The summed E-state index contributed by atoms with van der Waals surface area (Å²) in [4.78, 5) is 31.7. The van der Waals surface area contributed by atoms with E-state index in [1.165, 1.54) is 12.1 Å². The average molecular weight is 388 g/mol. The molecule has 2 aliphatic rings. The number of ketones is 1. The van der Waals surface area contributed by atoms with Crippen molar-refractivity contribution in [2.45, 2.75) is 25.3 Å². The van der Waals surface area contributed by atoms with Crippen molar-refractivity contribution < 1.29 is 14.0 Å². The molecule has 4 nitrogen and oxygen atoms in total. The van der Waals surface area contributed by atoms with Gasteiger partial charge in [0.2, 0.25) is 11.6 Å². The van der Waals surface area contributed by atoms with E-state index in [9.17, 15) is 14.0 Å². The van der Waals surface area contributed by atoms with Crippen molar-refractivity contribution in [3.8, 4) is 0 Å². The minimum Gasteiger partial charge on any atom is -0.337 e. The Morgan fingerprint density at radius 2 is 1.93 bits per heavy atom. The van der Waals surface area contributed by atoms with Crippen molar-refractivity contribution in [3.63, 3.8) is 0 Å². The molecule has 1 aliphatic carbocycles. The highest BCUT2D eigenvalue weighted by Crippen LogP contribution is 2.49. The van der Waals surface area contributed by atoms with Crippen LogP contribution in [0.2, 0.25) is 0 Å². The van der Waals surface area contributed by atoms with E-state index < -0.39 is 11.3 Å². The maximum Gasteiger partial charge on any atom is 0.236 e. The first-order valence-corrected chi connectivity index (χ1v) is 9.71. The number of allylic oxidation sites excluding steroid dienone is 1. The molecule has 1 fully saturated rings. The maximum atomic E-state index is 13.9. The predicted octanol–water partition coefficient (Wildman–Crippen LogP) is 4.13. The Hall–Kier alpha value is -3.26. The second-order valence-electron chi connectivity index (χ2n) is 7.78. The van der Waals surface area contributed by atoms with Gasteiger partial charge in [-0.1, -0.05) is 55.5 Å². The number of likely N-dealkylation sites (tertiary alicyclic amines) is 1. The lowest BCUT2D eigenvalue weighted by atomic mass is 9.58. The van der Waals surface area contributed by atoms with Gasteiger partial charge in [0, 0.05) is 19.0 Å². The largest absolute Gasteiger partial charge is 0.337 e. The monoisotopic (exact) mass is 388 g/mol. The van der Waals surface area contributed by atoms with Crippen LogP contribution in [0, 0.1) is 24.2 Å². The molecule has 1 saturated heterocycles. The smallest absolute Gasteiger partial charge is 0.236 e. The van der Waals surface area contributed by atoms with Crippen LogP contribution < -0.4 is 0 Å². The maximum absolute atomic E-state index is 13.9. The molecule has 2 aromatic rings. The topological polar surface area (TPSA) is 41.7 Å². The molecule has 1 heterocycles. The van der Waals surface area contributed by atoms with Gasteiger partial charge in [-0.3, -0.25) is 4.79 Å². The van der Waals surface area contributed by atoms with Crippen LogP contribution in [0.15, 0.2) is 66.4 Å². The van der Waals surface area contributed by atoms with E-state index in [4.69, 9.17) is 6.57 Å². The molecule has 0 N–H and O–H groups in total. The normalized spacial score (nSPS) is 26.5. The standard InChI is InChI=1S/C24H21FN2O2/c1-16-20-11-12-27(15-17-7-6-10-19(25)13-17)23(29)24(20,14-21(26-2)22(16)28)18-8-4-3-5-9-18/h3-10,13-14,16,20H,11-12,15H2,1H3/t16-,20-,24+/m1/s1. The molecule has 1 aliphatic heterocycles. The summed E-state index contributed by atoms with van der Waals surface area (Å²) in [7, 11) is 0. The highest BCUT2D eigenvalue weighted by molar-refractivity contribution is 6.04. The molecule has 3 atom stereocenters. The van der Waals surface area contributed by atoms with E-state index in [-0.39, 0.29) is 29.1 Å². The van der Waals surface area contributed by atoms with Gasteiger partial charge in [-0.05, 0) is 35.6 Å². The van der Waals surface area contributed by atoms with Crippen LogP contribution >= 0.6 is 0 Å². The van der Waals surface area contributed by atoms with Crippen molar-refractivity contribution in [2.75, 3.05) is 6.54 Å². The summed E-state index contributed by atoms with van der Waals surface area (Å²) in [6.07, 6.45) is 2.23. The lowest BCUT2D eigenvalue weighted by Crippen LogP contribution is -2.59. The second kappa shape index (κ2) is 7.29. The van der Waals surface area contributed by atoms with E-state index >= 15 is 0 Å². The number of carbonyl (C=O) groups excluding carboxylic acids is 2. The third-order valence-electron chi connectivity index (χ3n) is 6.20. The predicted molar refractivity (Wildman–Crippen MR) is 107 cm³/mol. The Balaban J connectivity index is 1.83. The Morgan fingerprint density at radius 1 is 1.17 bits per heavy atom. The molecule has 5 heteroatoms. The lowest BCUT2D eigenvalue weighted by molar-refractivity contribution is -0.145. The third-order valence-corrected chi connectivity index (χ3v) is 6.20. The molecule has 0 spiro atoms. The molecule has 0 unspecified atom stereocenters. The number of hydrogen-bond acceptors (Lipinski definition) is 2. The molecule has 146 valence electrons. The minimum absolute atomic E-state index is 0.0264. The van der Waals surface area contributed by atoms with Crippen LogP contribution in [0.3, 0.4) is 0 Å². The highest BCUT2D eigenvalue weighted by Gasteiger charge is 2.56. The van der Waals surface area contributed by atoms with Crippen molar-refractivity contribution >= 4 is 11.7 Å². The molecule has 2 aromatic carbocycles. The van der Waals surface area contributed by atoms with E-state index in [2.05, 4.69) is 4.85 Å². The van der Waals surface area contributed by atoms with Gasteiger partial charge in [-0.15, -0.1) is 0 Å². The van der Waals surface area contributed by atoms with Crippen LogP contribution in [0.4, 0.5) is 4.39 Å². The lowest BCUT2D eigenvalue weighted by Gasteiger charge is -2.50. The first-order chi connectivity index (χ1) is 14.0. The SMILES string of the molecule is [C-]#[N+]C1=C[C@@]2(c3ccccc3)C(=O)N(Cc3cccc(F)c3)CC[C@@H]2[C@@H](C)C1=O. The molecular weight excluding hydrogens is 367 g/mol. The zero-order chi connectivity index (χ0) is 20.6. The number of hydrogen-bond donors (Lipinski definition) is 0. The summed E-state index contributed by atoms with van der Waals surface area (Å²) in [5.41, 5.74) is 0.479. The highest BCUT2D eigenvalue weighted by atomic mass is 19.1. The van der Waals surface area contributed by atoms with E-state index in [0.717, 1.165) is 5.56 Å². The van der Waals surface area contributed by atoms with E-state index in [0.29, 0.717) is 25.1 Å². The number of nitrogens with zero attached hydrogens (tertiary/aromatic N) is 2. The molecule has 29 heavy (non-hydrogen) atoms. The summed E-state index contributed by atoms with van der Waals surface area (Å²) in [5.74, 6) is -1.29. The van der Waals surface area contributed by atoms with Gasteiger partial charge in [0.1, 0.15) is 5.82 Å². The molecule has 4 rings (SSSR count). The summed E-state index contributed by atoms with van der Waals surface area (Å²) >= 11 is 0. The Bertz CT molecular complexity index is 1040. The number of benzene rings is 2.